The summed E-state index contributed by atoms with van der Waals surface area (Å²) in [4.78, 5) is 12.8. The van der Waals surface area contributed by atoms with E-state index in [2.05, 4.69) is 0 Å². The molecule has 2 amide bonds. The zero-order chi connectivity index (χ0) is 15.9. The molecular weight excluding hydrogens is 310 g/mol. The van der Waals surface area contributed by atoms with E-state index in [9.17, 15) is 13.6 Å². The van der Waals surface area contributed by atoms with Crippen molar-refractivity contribution in [3.05, 3.63) is 69.2 Å². The van der Waals surface area contributed by atoms with Crippen LogP contribution in [0.3, 0.4) is 0 Å². The Morgan fingerprint density at radius 1 is 1.23 bits per heavy atom. The molecule has 0 atom stereocenters. The quantitative estimate of drug-likeness (QED) is 0.902. The molecule has 2 aromatic carbocycles. The molecule has 1 heterocycles. The number of amides is 2. The van der Waals surface area contributed by atoms with Gasteiger partial charge in [0.15, 0.2) is 0 Å². The third-order valence-corrected chi connectivity index (χ3v) is 4.08. The van der Waals surface area contributed by atoms with Gasteiger partial charge in [-0.3, -0.25) is 0 Å². The van der Waals surface area contributed by atoms with Crippen LogP contribution in [0, 0.1) is 11.6 Å². The van der Waals surface area contributed by atoms with Gasteiger partial charge in [-0.1, -0.05) is 29.8 Å². The maximum absolute atomic E-state index is 13.9. The highest BCUT2D eigenvalue weighted by molar-refractivity contribution is 6.30. The van der Waals surface area contributed by atoms with Crippen LogP contribution in [0.4, 0.5) is 13.6 Å². The van der Waals surface area contributed by atoms with Gasteiger partial charge in [-0.05, 0) is 28.8 Å². The first-order valence-electron chi connectivity index (χ1n) is 6.73. The maximum atomic E-state index is 13.9. The minimum absolute atomic E-state index is 0.0249. The number of carbonyl (C=O) groups excluding carboxylic acids is 1. The summed E-state index contributed by atoms with van der Waals surface area (Å²) in [5.41, 5.74) is 7.89. The van der Waals surface area contributed by atoms with E-state index in [4.69, 9.17) is 17.3 Å². The molecule has 0 aromatic heterocycles. The predicted octanol–water partition coefficient (Wildman–Crippen LogP) is 3.60. The van der Waals surface area contributed by atoms with Crippen molar-refractivity contribution in [1.29, 1.82) is 0 Å². The second kappa shape index (κ2) is 5.57. The molecule has 0 saturated heterocycles. The smallest absolute Gasteiger partial charge is 0.315 e. The number of fused-ring (bicyclic) bond motifs is 1. The highest BCUT2D eigenvalue weighted by atomic mass is 35.5. The summed E-state index contributed by atoms with van der Waals surface area (Å²) in [5.74, 6) is -1.35. The van der Waals surface area contributed by atoms with Gasteiger partial charge in [-0.15, -0.1) is 0 Å². The van der Waals surface area contributed by atoms with Gasteiger partial charge in [0.05, 0.1) is 0 Å². The first-order chi connectivity index (χ1) is 10.5. The molecule has 114 valence electrons. The van der Waals surface area contributed by atoms with Crippen LogP contribution >= 0.6 is 11.6 Å². The summed E-state index contributed by atoms with van der Waals surface area (Å²) < 4.78 is 27.9. The Hall–Kier alpha value is -2.14. The normalized spacial score (nSPS) is 13.3. The molecule has 0 radical (unpaired) electrons. The molecule has 0 unspecified atom stereocenters. The number of primary amides is 1. The van der Waals surface area contributed by atoms with Crippen molar-refractivity contribution in [2.75, 3.05) is 0 Å². The predicted molar refractivity (Wildman–Crippen MR) is 79.4 cm³/mol. The average Bonchev–Trinajstić information content (AvgIpc) is 2.87. The zero-order valence-electron chi connectivity index (χ0n) is 11.6. The van der Waals surface area contributed by atoms with Crippen LogP contribution in [0.25, 0.3) is 0 Å². The van der Waals surface area contributed by atoms with E-state index in [-0.39, 0.29) is 17.0 Å². The summed E-state index contributed by atoms with van der Waals surface area (Å²) in [5, 5.41) is 0.0249. The Bertz CT molecular complexity index is 741. The lowest BCUT2D eigenvalue weighted by molar-refractivity contribution is 0.208. The molecular formula is C16H13ClF2N2O. The molecule has 0 saturated carbocycles. The molecule has 0 spiro atoms. The number of nitrogens with zero attached hydrogens (tertiary/aromatic N) is 1. The van der Waals surface area contributed by atoms with Gasteiger partial charge < -0.3 is 10.6 Å². The Labute approximate surface area is 131 Å². The summed E-state index contributed by atoms with van der Waals surface area (Å²) in [6.07, 6.45) is 0.102. The summed E-state index contributed by atoms with van der Waals surface area (Å²) in [6.45, 7) is 0.780. The van der Waals surface area contributed by atoms with Gasteiger partial charge >= 0.3 is 6.03 Å². The Morgan fingerprint density at radius 2 is 1.91 bits per heavy atom. The van der Waals surface area contributed by atoms with Crippen LogP contribution < -0.4 is 5.73 Å². The number of hydrogen-bond acceptors (Lipinski definition) is 1. The van der Waals surface area contributed by atoms with Gasteiger partial charge in [0.1, 0.15) is 11.6 Å². The zero-order valence-corrected chi connectivity index (χ0v) is 12.3. The van der Waals surface area contributed by atoms with Crippen LogP contribution in [0.1, 0.15) is 22.3 Å². The SMILES string of the molecule is NC(=O)N1Cc2cccc(Cc3c(F)cc(Cl)cc3F)c2C1. The lowest BCUT2D eigenvalue weighted by Crippen LogP contribution is -2.30. The van der Waals surface area contributed by atoms with E-state index in [1.807, 2.05) is 12.1 Å². The topological polar surface area (TPSA) is 46.3 Å². The third kappa shape index (κ3) is 2.64. The van der Waals surface area contributed by atoms with Gasteiger partial charge in [-0.25, -0.2) is 13.6 Å². The van der Waals surface area contributed by atoms with Gasteiger partial charge in [0.2, 0.25) is 0 Å². The Balaban J connectivity index is 1.96. The van der Waals surface area contributed by atoms with Crippen molar-refractivity contribution in [2.24, 2.45) is 5.73 Å². The number of carbonyl (C=O) groups is 1. The molecule has 2 N–H and O–H groups in total. The fraction of sp³-hybridized carbons (Fsp3) is 0.188. The van der Waals surface area contributed by atoms with Crippen molar-refractivity contribution < 1.29 is 13.6 Å². The van der Waals surface area contributed by atoms with Crippen molar-refractivity contribution >= 4 is 17.6 Å². The third-order valence-electron chi connectivity index (χ3n) is 3.86. The van der Waals surface area contributed by atoms with E-state index in [1.165, 1.54) is 4.90 Å². The first-order valence-corrected chi connectivity index (χ1v) is 7.11. The molecule has 3 nitrogen and oxygen atoms in total. The lowest BCUT2D eigenvalue weighted by Gasteiger charge is -2.12. The fourth-order valence-corrected chi connectivity index (χ4v) is 2.94. The monoisotopic (exact) mass is 322 g/mol. The van der Waals surface area contributed by atoms with Crippen LogP contribution in [-0.2, 0) is 19.5 Å². The molecule has 0 aliphatic carbocycles. The number of halogens is 3. The molecule has 3 rings (SSSR count). The number of benzene rings is 2. The van der Waals surface area contributed by atoms with Crippen LogP contribution in [-0.4, -0.2) is 10.9 Å². The average molecular weight is 323 g/mol. The minimum Gasteiger partial charge on any atom is -0.351 e. The number of hydrogen-bond donors (Lipinski definition) is 1. The van der Waals surface area contributed by atoms with E-state index in [0.717, 1.165) is 28.8 Å². The molecule has 6 heteroatoms. The summed E-state index contributed by atoms with van der Waals surface area (Å²) >= 11 is 5.63. The first kappa shape index (κ1) is 14.8. The number of urea groups is 1. The van der Waals surface area contributed by atoms with Crippen LogP contribution in [0.5, 0.6) is 0 Å². The van der Waals surface area contributed by atoms with E-state index < -0.39 is 17.7 Å². The Morgan fingerprint density at radius 3 is 2.55 bits per heavy atom. The lowest BCUT2D eigenvalue weighted by atomic mass is 9.97. The highest BCUT2D eigenvalue weighted by Crippen LogP contribution is 2.29. The van der Waals surface area contributed by atoms with Crippen molar-refractivity contribution in [3.63, 3.8) is 0 Å². The standard InChI is InChI=1S/C16H13ClF2N2O/c17-11-5-14(18)12(15(19)6-11)4-9-2-1-3-10-7-21(16(20)22)8-13(9)10/h1-3,5-6H,4,7-8H2,(H2,20,22). The van der Waals surface area contributed by atoms with Crippen molar-refractivity contribution in [1.82, 2.24) is 4.90 Å². The second-order valence-electron chi connectivity index (χ2n) is 5.27. The second-order valence-corrected chi connectivity index (χ2v) is 5.71. The summed E-state index contributed by atoms with van der Waals surface area (Å²) in [7, 11) is 0. The molecule has 1 aliphatic rings. The molecule has 0 bridgehead atoms. The van der Waals surface area contributed by atoms with Crippen molar-refractivity contribution in [2.45, 2.75) is 19.5 Å². The van der Waals surface area contributed by atoms with Gasteiger partial charge in [0, 0.05) is 30.1 Å². The van der Waals surface area contributed by atoms with Crippen LogP contribution in [0.15, 0.2) is 30.3 Å². The fourth-order valence-electron chi connectivity index (χ4n) is 2.74. The van der Waals surface area contributed by atoms with Crippen LogP contribution in [0.2, 0.25) is 5.02 Å². The minimum atomic E-state index is -0.674. The van der Waals surface area contributed by atoms with E-state index >= 15 is 0 Å². The largest absolute Gasteiger partial charge is 0.351 e. The van der Waals surface area contributed by atoms with E-state index in [0.29, 0.717) is 13.1 Å². The molecule has 1 aliphatic heterocycles. The van der Waals surface area contributed by atoms with Crippen molar-refractivity contribution in [3.8, 4) is 0 Å². The number of nitrogens with two attached hydrogens (primary N) is 1. The number of rotatable bonds is 2. The highest BCUT2D eigenvalue weighted by Gasteiger charge is 2.24. The molecule has 22 heavy (non-hydrogen) atoms. The maximum Gasteiger partial charge on any atom is 0.315 e. The summed E-state index contributed by atoms with van der Waals surface area (Å²) in [6, 6.07) is 7.18. The molecule has 0 fully saturated rings. The molecule has 2 aromatic rings. The van der Waals surface area contributed by atoms with Gasteiger partial charge in [-0.2, -0.15) is 0 Å². The van der Waals surface area contributed by atoms with Gasteiger partial charge in [0.25, 0.3) is 0 Å². The van der Waals surface area contributed by atoms with E-state index in [1.54, 1.807) is 6.07 Å². The Kier molecular flexibility index (Phi) is 3.74.